The summed E-state index contributed by atoms with van der Waals surface area (Å²) >= 11 is 0. The predicted molar refractivity (Wildman–Crippen MR) is 103 cm³/mol. The fourth-order valence-corrected chi connectivity index (χ4v) is 3.90. The number of fused-ring (bicyclic) bond motifs is 1. The molecule has 2 heterocycles. The van der Waals surface area contributed by atoms with Gasteiger partial charge in [0.05, 0.1) is 0 Å². The molecule has 4 heteroatoms. The summed E-state index contributed by atoms with van der Waals surface area (Å²) in [6.45, 7) is 9.61. The van der Waals surface area contributed by atoms with E-state index in [-0.39, 0.29) is 5.63 Å². The molecule has 1 unspecified atom stereocenters. The molecule has 1 atom stereocenters. The predicted octanol–water partition coefficient (Wildman–Crippen LogP) is 3.57. The summed E-state index contributed by atoms with van der Waals surface area (Å²) in [5, 5.41) is 1.06. The maximum atomic E-state index is 12.0. The zero-order valence-electron chi connectivity index (χ0n) is 16.1. The number of hydrogen-bond acceptors (Lipinski definition) is 4. The van der Waals surface area contributed by atoms with E-state index in [9.17, 15) is 4.79 Å². The smallest absolute Gasteiger partial charge is 0.336 e. The Kier molecular flexibility index (Phi) is 5.30. The van der Waals surface area contributed by atoms with Crippen molar-refractivity contribution in [3.05, 3.63) is 45.3 Å². The molecule has 4 nitrogen and oxygen atoms in total. The maximum absolute atomic E-state index is 12.0. The summed E-state index contributed by atoms with van der Waals surface area (Å²) in [6.07, 6.45) is 2.50. The average Bonchev–Trinajstić information content (AvgIpc) is 2.56. The van der Waals surface area contributed by atoms with E-state index in [1.54, 1.807) is 6.07 Å². The third-order valence-corrected chi connectivity index (χ3v) is 6.00. The van der Waals surface area contributed by atoms with Gasteiger partial charge in [0.1, 0.15) is 5.58 Å². The third kappa shape index (κ3) is 3.96. The van der Waals surface area contributed by atoms with Crippen LogP contribution in [0, 0.1) is 19.8 Å². The van der Waals surface area contributed by atoms with Crippen LogP contribution in [0.15, 0.2) is 27.4 Å². The van der Waals surface area contributed by atoms with Gasteiger partial charge in [-0.05, 0) is 95.5 Å². The number of nitrogens with zero attached hydrogens (tertiary/aromatic N) is 2. The molecule has 0 N–H and O–H groups in total. The van der Waals surface area contributed by atoms with Crippen LogP contribution in [0.2, 0.25) is 0 Å². The molecule has 0 amide bonds. The van der Waals surface area contributed by atoms with Crippen LogP contribution in [-0.4, -0.2) is 43.0 Å². The highest BCUT2D eigenvalue weighted by molar-refractivity contribution is 5.81. The second-order valence-corrected chi connectivity index (χ2v) is 7.82. The third-order valence-electron chi connectivity index (χ3n) is 6.00. The Morgan fingerprint density at radius 3 is 2.52 bits per heavy atom. The molecule has 1 aromatic heterocycles. The zero-order chi connectivity index (χ0) is 18.1. The van der Waals surface area contributed by atoms with Crippen molar-refractivity contribution in [2.24, 2.45) is 5.92 Å². The van der Waals surface area contributed by atoms with Gasteiger partial charge < -0.3 is 9.32 Å². The molecule has 1 saturated heterocycles. The normalized spacial score (nSPS) is 18.2. The van der Waals surface area contributed by atoms with Crippen molar-refractivity contribution in [2.75, 3.05) is 27.2 Å². The van der Waals surface area contributed by atoms with Crippen molar-refractivity contribution in [2.45, 2.75) is 46.2 Å². The molecule has 0 aliphatic carbocycles. The van der Waals surface area contributed by atoms with Gasteiger partial charge in [-0.2, -0.15) is 0 Å². The van der Waals surface area contributed by atoms with E-state index in [1.165, 1.54) is 31.5 Å². The molecule has 0 spiro atoms. The van der Waals surface area contributed by atoms with Crippen LogP contribution in [0.25, 0.3) is 11.0 Å². The summed E-state index contributed by atoms with van der Waals surface area (Å²) in [7, 11) is 4.37. The Balaban J connectivity index is 1.84. The van der Waals surface area contributed by atoms with Crippen LogP contribution in [0.1, 0.15) is 36.5 Å². The molecule has 1 aliphatic heterocycles. The molecular weight excluding hydrogens is 312 g/mol. The Morgan fingerprint density at radius 1 is 1.20 bits per heavy atom. The zero-order valence-corrected chi connectivity index (χ0v) is 16.1. The van der Waals surface area contributed by atoms with Gasteiger partial charge in [0, 0.05) is 24.0 Å². The van der Waals surface area contributed by atoms with Crippen molar-refractivity contribution >= 4 is 11.0 Å². The minimum absolute atomic E-state index is 0.258. The van der Waals surface area contributed by atoms with Crippen molar-refractivity contribution in [1.82, 2.24) is 9.80 Å². The molecule has 2 aromatic rings. The van der Waals surface area contributed by atoms with E-state index in [4.69, 9.17) is 4.42 Å². The fourth-order valence-electron chi connectivity index (χ4n) is 3.90. The Hall–Kier alpha value is -1.65. The molecule has 25 heavy (non-hydrogen) atoms. The molecule has 3 rings (SSSR count). The molecule has 1 fully saturated rings. The van der Waals surface area contributed by atoms with Crippen LogP contribution < -0.4 is 5.63 Å². The van der Waals surface area contributed by atoms with Gasteiger partial charge >= 0.3 is 5.63 Å². The minimum Gasteiger partial charge on any atom is -0.423 e. The second kappa shape index (κ2) is 7.30. The van der Waals surface area contributed by atoms with E-state index in [0.29, 0.717) is 11.6 Å². The van der Waals surface area contributed by atoms with Crippen LogP contribution in [0.4, 0.5) is 0 Å². The first-order valence-corrected chi connectivity index (χ1v) is 9.28. The standard InChI is InChI=1S/C21H30N2O2/c1-14-10-19-18(12-21(24)25-20(19)11-15(14)2)13-23(5)16(3)17-6-8-22(4)9-7-17/h10-12,16-17H,6-9,13H2,1-5H3. The number of rotatable bonds is 4. The van der Waals surface area contributed by atoms with E-state index < -0.39 is 0 Å². The summed E-state index contributed by atoms with van der Waals surface area (Å²) in [4.78, 5) is 16.8. The summed E-state index contributed by atoms with van der Waals surface area (Å²) in [6, 6.07) is 6.30. The molecule has 1 aliphatic rings. The lowest BCUT2D eigenvalue weighted by atomic mass is 9.89. The molecule has 0 bridgehead atoms. The molecule has 0 saturated carbocycles. The van der Waals surface area contributed by atoms with Gasteiger partial charge in [-0.25, -0.2) is 4.79 Å². The van der Waals surface area contributed by atoms with Crippen molar-refractivity contribution in [3.8, 4) is 0 Å². The Bertz CT molecular complexity index is 803. The Morgan fingerprint density at radius 2 is 1.84 bits per heavy atom. The van der Waals surface area contributed by atoms with Gasteiger partial charge in [-0.15, -0.1) is 0 Å². The number of piperidine rings is 1. The van der Waals surface area contributed by atoms with Gasteiger partial charge in [0.25, 0.3) is 0 Å². The van der Waals surface area contributed by atoms with Crippen LogP contribution in [0.3, 0.4) is 0 Å². The van der Waals surface area contributed by atoms with Crippen molar-refractivity contribution < 1.29 is 4.42 Å². The lowest BCUT2D eigenvalue weighted by Crippen LogP contribution is -2.41. The van der Waals surface area contributed by atoms with E-state index in [2.05, 4.69) is 50.7 Å². The van der Waals surface area contributed by atoms with Gasteiger partial charge in [-0.3, -0.25) is 4.90 Å². The number of likely N-dealkylation sites (tertiary alicyclic amines) is 1. The first kappa shape index (κ1) is 18.2. The van der Waals surface area contributed by atoms with Gasteiger partial charge in [0.2, 0.25) is 0 Å². The van der Waals surface area contributed by atoms with Gasteiger partial charge in [0.15, 0.2) is 0 Å². The Labute approximate surface area is 150 Å². The lowest BCUT2D eigenvalue weighted by Gasteiger charge is -2.37. The number of benzene rings is 1. The number of hydrogen-bond donors (Lipinski definition) is 0. The summed E-state index contributed by atoms with van der Waals surface area (Å²) < 4.78 is 5.43. The highest BCUT2D eigenvalue weighted by Crippen LogP contribution is 2.26. The molecular formula is C21H30N2O2. The largest absolute Gasteiger partial charge is 0.423 e. The van der Waals surface area contributed by atoms with E-state index >= 15 is 0 Å². The summed E-state index contributed by atoms with van der Waals surface area (Å²) in [5.41, 5.74) is 3.89. The maximum Gasteiger partial charge on any atom is 0.336 e. The highest BCUT2D eigenvalue weighted by atomic mass is 16.4. The molecule has 136 valence electrons. The van der Waals surface area contributed by atoms with E-state index in [1.807, 2.05) is 6.07 Å². The number of aryl methyl sites for hydroxylation is 2. The van der Waals surface area contributed by atoms with Crippen molar-refractivity contribution in [3.63, 3.8) is 0 Å². The topological polar surface area (TPSA) is 36.7 Å². The molecule has 0 radical (unpaired) electrons. The fraction of sp³-hybridized carbons (Fsp3) is 0.571. The lowest BCUT2D eigenvalue weighted by molar-refractivity contribution is 0.120. The first-order chi connectivity index (χ1) is 11.8. The monoisotopic (exact) mass is 342 g/mol. The summed E-state index contributed by atoms with van der Waals surface area (Å²) in [5.74, 6) is 0.719. The minimum atomic E-state index is -0.258. The quantitative estimate of drug-likeness (QED) is 0.796. The van der Waals surface area contributed by atoms with E-state index in [0.717, 1.165) is 29.0 Å². The van der Waals surface area contributed by atoms with Crippen molar-refractivity contribution in [1.29, 1.82) is 0 Å². The van der Waals surface area contributed by atoms with Crippen LogP contribution in [0.5, 0.6) is 0 Å². The first-order valence-electron chi connectivity index (χ1n) is 9.28. The second-order valence-electron chi connectivity index (χ2n) is 7.82. The molecule has 1 aromatic carbocycles. The SMILES string of the molecule is Cc1cc2oc(=O)cc(CN(C)C(C)C3CCN(C)CC3)c2cc1C. The van der Waals surface area contributed by atoms with Gasteiger partial charge in [-0.1, -0.05) is 0 Å². The average molecular weight is 342 g/mol. The highest BCUT2D eigenvalue weighted by Gasteiger charge is 2.25. The van der Waals surface area contributed by atoms with Crippen LogP contribution >= 0.6 is 0 Å². The van der Waals surface area contributed by atoms with Crippen LogP contribution in [-0.2, 0) is 6.54 Å².